The van der Waals surface area contributed by atoms with Gasteiger partial charge in [-0.25, -0.2) is 0 Å². The number of carbonyl (C=O) groups excluding carboxylic acids is 1. The molecule has 0 radical (unpaired) electrons. The summed E-state index contributed by atoms with van der Waals surface area (Å²) < 4.78 is 2.12. The number of nitrogens with zero attached hydrogens (tertiary/aromatic N) is 1. The molecule has 20 heavy (non-hydrogen) atoms. The number of fused-ring (bicyclic) bond motifs is 1. The largest absolute Gasteiger partial charge is 0.353 e. The van der Waals surface area contributed by atoms with Crippen molar-refractivity contribution < 1.29 is 4.79 Å². The summed E-state index contributed by atoms with van der Waals surface area (Å²) >= 11 is 0. The van der Waals surface area contributed by atoms with E-state index in [1.807, 2.05) is 0 Å². The summed E-state index contributed by atoms with van der Waals surface area (Å²) in [5, 5.41) is 4.40. The fourth-order valence-corrected chi connectivity index (χ4v) is 3.09. The maximum atomic E-state index is 11.9. The lowest BCUT2D eigenvalue weighted by Gasteiger charge is -2.11. The van der Waals surface area contributed by atoms with Gasteiger partial charge in [-0.15, -0.1) is 0 Å². The minimum atomic E-state index is 0.198. The molecule has 1 saturated carbocycles. The van der Waals surface area contributed by atoms with Gasteiger partial charge in [0.25, 0.3) is 0 Å². The fraction of sp³-hybridized carbons (Fsp3) is 0.471. The van der Waals surface area contributed by atoms with Gasteiger partial charge < -0.3 is 9.88 Å². The Labute approximate surface area is 120 Å². The molecule has 0 unspecified atom stereocenters. The number of nitrogens with one attached hydrogen (secondary N) is 1. The molecule has 3 rings (SSSR count). The van der Waals surface area contributed by atoms with Crippen LogP contribution in [0.4, 0.5) is 0 Å². The summed E-state index contributed by atoms with van der Waals surface area (Å²) in [5.74, 6) is 0.198. The van der Waals surface area contributed by atoms with E-state index in [0.717, 1.165) is 19.3 Å². The zero-order valence-corrected chi connectivity index (χ0v) is 12.1. The first-order valence-corrected chi connectivity index (χ1v) is 7.56. The predicted octanol–water partition coefficient (Wildman–Crippen LogP) is 3.17. The summed E-state index contributed by atoms with van der Waals surface area (Å²) in [6, 6.07) is 9.01. The van der Waals surface area contributed by atoms with Gasteiger partial charge in [-0.3, -0.25) is 4.79 Å². The second-order valence-corrected chi connectivity index (χ2v) is 5.87. The van der Waals surface area contributed by atoms with E-state index in [4.69, 9.17) is 0 Å². The van der Waals surface area contributed by atoms with Crippen LogP contribution in [0.15, 0.2) is 30.5 Å². The molecule has 0 spiro atoms. The number of rotatable bonds is 4. The van der Waals surface area contributed by atoms with Gasteiger partial charge in [-0.2, -0.15) is 0 Å². The van der Waals surface area contributed by atoms with Crippen LogP contribution in [0, 0.1) is 0 Å². The molecular weight excluding hydrogens is 248 g/mol. The van der Waals surface area contributed by atoms with Crippen molar-refractivity contribution >= 4 is 16.8 Å². The SMILES string of the molecule is Cn1ccc2ccc(CCC(=O)NC3CCCC3)cc21. The van der Waals surface area contributed by atoms with E-state index in [1.165, 1.54) is 29.3 Å². The number of aryl methyl sites for hydroxylation is 2. The Kier molecular flexibility index (Phi) is 3.77. The first kappa shape index (κ1) is 13.2. The van der Waals surface area contributed by atoms with Gasteiger partial charge in [0.05, 0.1) is 0 Å². The van der Waals surface area contributed by atoms with Crippen molar-refractivity contribution in [1.82, 2.24) is 9.88 Å². The monoisotopic (exact) mass is 270 g/mol. The molecule has 0 atom stereocenters. The molecule has 1 aromatic carbocycles. The third-order valence-corrected chi connectivity index (χ3v) is 4.31. The lowest BCUT2D eigenvalue weighted by Crippen LogP contribution is -2.32. The highest BCUT2D eigenvalue weighted by Crippen LogP contribution is 2.19. The quantitative estimate of drug-likeness (QED) is 0.909. The first-order valence-electron chi connectivity index (χ1n) is 7.56. The van der Waals surface area contributed by atoms with Crippen LogP contribution in [0.2, 0.25) is 0 Å². The van der Waals surface area contributed by atoms with Gasteiger partial charge in [-0.05, 0) is 42.3 Å². The highest BCUT2D eigenvalue weighted by Gasteiger charge is 2.16. The molecule has 0 saturated heterocycles. The van der Waals surface area contributed by atoms with Crippen LogP contribution in [-0.2, 0) is 18.3 Å². The van der Waals surface area contributed by atoms with Crippen LogP contribution >= 0.6 is 0 Å². The summed E-state index contributed by atoms with van der Waals surface area (Å²) in [6.07, 6.45) is 8.31. The third kappa shape index (κ3) is 2.87. The summed E-state index contributed by atoms with van der Waals surface area (Å²) in [7, 11) is 2.05. The number of amides is 1. The van der Waals surface area contributed by atoms with Gasteiger partial charge in [0.15, 0.2) is 0 Å². The van der Waals surface area contributed by atoms with E-state index in [2.05, 4.69) is 47.4 Å². The van der Waals surface area contributed by atoms with Crippen LogP contribution < -0.4 is 5.32 Å². The standard InChI is InChI=1S/C17H22N2O/c1-19-11-10-14-8-6-13(12-16(14)19)7-9-17(20)18-15-4-2-3-5-15/h6,8,10-12,15H,2-5,7,9H2,1H3,(H,18,20). The predicted molar refractivity (Wildman–Crippen MR) is 81.6 cm³/mol. The molecule has 0 aliphatic heterocycles. The number of aromatic nitrogens is 1. The normalized spacial score (nSPS) is 15.8. The second-order valence-electron chi connectivity index (χ2n) is 5.87. The van der Waals surface area contributed by atoms with Crippen LogP contribution in [0.3, 0.4) is 0 Å². The summed E-state index contributed by atoms with van der Waals surface area (Å²) in [5.41, 5.74) is 2.47. The molecule has 2 aromatic rings. The van der Waals surface area contributed by atoms with Gasteiger partial charge in [0.1, 0.15) is 0 Å². The lowest BCUT2D eigenvalue weighted by molar-refractivity contribution is -0.121. The Hall–Kier alpha value is -1.77. The van der Waals surface area contributed by atoms with Gasteiger partial charge in [0.2, 0.25) is 5.91 Å². The fourth-order valence-electron chi connectivity index (χ4n) is 3.09. The van der Waals surface area contributed by atoms with Crippen molar-refractivity contribution in [2.24, 2.45) is 7.05 Å². The zero-order valence-electron chi connectivity index (χ0n) is 12.1. The molecule has 1 heterocycles. The van der Waals surface area contributed by atoms with E-state index in [9.17, 15) is 4.79 Å². The molecule has 1 aliphatic rings. The Bertz CT molecular complexity index is 608. The maximum absolute atomic E-state index is 11.9. The van der Waals surface area contributed by atoms with Gasteiger partial charge >= 0.3 is 0 Å². The van der Waals surface area contributed by atoms with Crippen LogP contribution in [-0.4, -0.2) is 16.5 Å². The van der Waals surface area contributed by atoms with Crippen molar-refractivity contribution in [3.8, 4) is 0 Å². The smallest absolute Gasteiger partial charge is 0.220 e. The molecule has 1 fully saturated rings. The Morgan fingerprint density at radius 3 is 2.90 bits per heavy atom. The molecule has 1 aliphatic carbocycles. The Balaban J connectivity index is 1.58. The third-order valence-electron chi connectivity index (χ3n) is 4.31. The van der Waals surface area contributed by atoms with Crippen molar-refractivity contribution in [2.45, 2.75) is 44.6 Å². The molecule has 1 N–H and O–H groups in total. The Morgan fingerprint density at radius 2 is 2.10 bits per heavy atom. The van der Waals surface area contributed by atoms with E-state index in [-0.39, 0.29) is 5.91 Å². The van der Waals surface area contributed by atoms with Gasteiger partial charge in [-0.1, -0.05) is 25.0 Å². The lowest BCUT2D eigenvalue weighted by atomic mass is 10.1. The van der Waals surface area contributed by atoms with E-state index >= 15 is 0 Å². The maximum Gasteiger partial charge on any atom is 0.220 e. The number of hydrogen-bond donors (Lipinski definition) is 1. The topological polar surface area (TPSA) is 34.0 Å². The second kappa shape index (κ2) is 5.70. The minimum absolute atomic E-state index is 0.198. The Morgan fingerprint density at radius 1 is 1.30 bits per heavy atom. The van der Waals surface area contributed by atoms with Crippen LogP contribution in [0.5, 0.6) is 0 Å². The van der Waals surface area contributed by atoms with Crippen LogP contribution in [0.1, 0.15) is 37.7 Å². The highest BCUT2D eigenvalue weighted by atomic mass is 16.1. The molecule has 3 nitrogen and oxygen atoms in total. The van der Waals surface area contributed by atoms with Crippen molar-refractivity contribution in [3.05, 3.63) is 36.0 Å². The van der Waals surface area contributed by atoms with Gasteiger partial charge in [0, 0.05) is 31.2 Å². The molecule has 1 amide bonds. The van der Waals surface area contributed by atoms with Crippen LogP contribution in [0.25, 0.3) is 10.9 Å². The van der Waals surface area contributed by atoms with Crippen molar-refractivity contribution in [2.75, 3.05) is 0 Å². The number of hydrogen-bond acceptors (Lipinski definition) is 1. The summed E-state index contributed by atoms with van der Waals surface area (Å²) in [6.45, 7) is 0. The minimum Gasteiger partial charge on any atom is -0.353 e. The van der Waals surface area contributed by atoms with E-state index < -0.39 is 0 Å². The van der Waals surface area contributed by atoms with E-state index in [1.54, 1.807) is 0 Å². The zero-order chi connectivity index (χ0) is 13.9. The van der Waals surface area contributed by atoms with E-state index in [0.29, 0.717) is 12.5 Å². The first-order chi connectivity index (χ1) is 9.72. The average molecular weight is 270 g/mol. The number of benzene rings is 1. The molecule has 106 valence electrons. The number of carbonyl (C=O) groups is 1. The van der Waals surface area contributed by atoms with Crippen molar-refractivity contribution in [1.29, 1.82) is 0 Å². The highest BCUT2D eigenvalue weighted by molar-refractivity contribution is 5.81. The molecular formula is C17H22N2O. The average Bonchev–Trinajstić information content (AvgIpc) is 3.07. The molecule has 3 heteroatoms. The molecule has 0 bridgehead atoms. The summed E-state index contributed by atoms with van der Waals surface area (Å²) in [4.78, 5) is 11.9. The van der Waals surface area contributed by atoms with Crippen molar-refractivity contribution in [3.63, 3.8) is 0 Å². The molecule has 1 aromatic heterocycles.